The van der Waals surface area contributed by atoms with Crippen LogP contribution in [0.5, 0.6) is 0 Å². The third kappa shape index (κ3) is 3.04. The van der Waals surface area contributed by atoms with Crippen LogP contribution >= 0.6 is 15.9 Å². The molecule has 0 saturated carbocycles. The van der Waals surface area contributed by atoms with Gasteiger partial charge in [-0.05, 0) is 30.7 Å². The van der Waals surface area contributed by atoms with Crippen LogP contribution in [0.2, 0.25) is 0 Å². The van der Waals surface area contributed by atoms with Gasteiger partial charge in [0, 0.05) is 23.1 Å². The molecule has 5 nitrogen and oxygen atoms in total. The number of nitrogens with two attached hydrogens (primary N) is 1. The van der Waals surface area contributed by atoms with E-state index in [9.17, 15) is 0 Å². The summed E-state index contributed by atoms with van der Waals surface area (Å²) < 4.78 is 6.44. The zero-order chi connectivity index (χ0) is 12.3. The molecule has 0 aliphatic heterocycles. The number of hydrogen-bond donors (Lipinski definition) is 2. The van der Waals surface area contributed by atoms with E-state index < -0.39 is 0 Å². The topological polar surface area (TPSA) is 77.0 Å². The van der Waals surface area contributed by atoms with Crippen molar-refractivity contribution in [2.24, 2.45) is 5.73 Å². The summed E-state index contributed by atoms with van der Waals surface area (Å²) >= 11 is 3.45. The minimum atomic E-state index is 0.384. The van der Waals surface area contributed by atoms with E-state index in [2.05, 4.69) is 31.4 Å². The summed E-state index contributed by atoms with van der Waals surface area (Å²) in [5.74, 6) is 0.545. The van der Waals surface area contributed by atoms with Gasteiger partial charge < -0.3 is 15.5 Å². The summed E-state index contributed by atoms with van der Waals surface area (Å²) in [5, 5.41) is 10.8. The van der Waals surface area contributed by atoms with Crippen molar-refractivity contribution in [1.82, 2.24) is 10.2 Å². The summed E-state index contributed by atoms with van der Waals surface area (Å²) in [6, 6.07) is 6.28. The van der Waals surface area contributed by atoms with E-state index in [4.69, 9.17) is 10.2 Å². The molecule has 0 spiro atoms. The lowest BCUT2D eigenvalue weighted by Crippen LogP contribution is -2.02. The van der Waals surface area contributed by atoms with Crippen LogP contribution in [0.1, 0.15) is 11.5 Å². The van der Waals surface area contributed by atoms with E-state index in [0.717, 1.165) is 15.7 Å². The Balaban J connectivity index is 2.11. The SMILES string of the molecule is Cc1cc(Nc2nnc(CCN)o2)ccc1Br. The predicted molar refractivity (Wildman–Crippen MR) is 69.2 cm³/mol. The number of aromatic nitrogens is 2. The molecule has 0 amide bonds. The molecule has 17 heavy (non-hydrogen) atoms. The van der Waals surface area contributed by atoms with Gasteiger partial charge in [0.15, 0.2) is 0 Å². The number of hydrogen-bond acceptors (Lipinski definition) is 5. The largest absolute Gasteiger partial charge is 0.408 e. The molecular formula is C11H13BrN4O. The van der Waals surface area contributed by atoms with Crippen LogP contribution in [0.25, 0.3) is 0 Å². The molecule has 1 heterocycles. The second-order valence-corrected chi connectivity index (χ2v) is 4.48. The summed E-state index contributed by atoms with van der Waals surface area (Å²) in [6.07, 6.45) is 0.591. The summed E-state index contributed by atoms with van der Waals surface area (Å²) in [7, 11) is 0. The van der Waals surface area contributed by atoms with Crippen molar-refractivity contribution in [3.05, 3.63) is 34.1 Å². The van der Waals surface area contributed by atoms with Crippen molar-refractivity contribution in [3.8, 4) is 0 Å². The van der Waals surface area contributed by atoms with Crippen LogP contribution in [0, 0.1) is 6.92 Å². The van der Waals surface area contributed by atoms with E-state index in [-0.39, 0.29) is 0 Å². The minimum Gasteiger partial charge on any atom is -0.408 e. The molecule has 2 aromatic rings. The first kappa shape index (κ1) is 12.1. The summed E-state index contributed by atoms with van der Waals surface area (Å²) in [6.45, 7) is 2.52. The van der Waals surface area contributed by atoms with E-state index in [0.29, 0.717) is 24.9 Å². The maximum atomic E-state index is 5.41. The van der Waals surface area contributed by atoms with Gasteiger partial charge in [0.2, 0.25) is 5.89 Å². The van der Waals surface area contributed by atoms with Gasteiger partial charge in [0.25, 0.3) is 0 Å². The van der Waals surface area contributed by atoms with Gasteiger partial charge in [-0.15, -0.1) is 5.10 Å². The van der Waals surface area contributed by atoms with Crippen LogP contribution in [-0.4, -0.2) is 16.7 Å². The number of nitrogens with one attached hydrogen (secondary N) is 1. The molecule has 0 unspecified atom stereocenters. The third-order valence-corrected chi connectivity index (χ3v) is 3.12. The second-order valence-electron chi connectivity index (χ2n) is 3.63. The molecule has 2 rings (SSSR count). The fraction of sp³-hybridized carbons (Fsp3) is 0.273. The van der Waals surface area contributed by atoms with E-state index in [1.807, 2.05) is 25.1 Å². The number of benzene rings is 1. The third-order valence-electron chi connectivity index (χ3n) is 2.23. The fourth-order valence-electron chi connectivity index (χ4n) is 1.37. The molecule has 0 fully saturated rings. The maximum absolute atomic E-state index is 5.41. The molecule has 0 atom stereocenters. The summed E-state index contributed by atoms with van der Waals surface area (Å²) in [4.78, 5) is 0. The van der Waals surface area contributed by atoms with Crippen LogP contribution < -0.4 is 11.1 Å². The first-order valence-corrected chi connectivity index (χ1v) is 6.04. The molecule has 6 heteroatoms. The first-order valence-electron chi connectivity index (χ1n) is 5.24. The zero-order valence-corrected chi connectivity index (χ0v) is 11.0. The second kappa shape index (κ2) is 5.29. The highest BCUT2D eigenvalue weighted by molar-refractivity contribution is 9.10. The monoisotopic (exact) mass is 296 g/mol. The Morgan fingerprint density at radius 1 is 1.41 bits per heavy atom. The fourth-order valence-corrected chi connectivity index (χ4v) is 1.62. The quantitative estimate of drug-likeness (QED) is 0.906. The number of anilines is 2. The van der Waals surface area contributed by atoms with Crippen molar-refractivity contribution in [3.63, 3.8) is 0 Å². The Hall–Kier alpha value is -1.40. The smallest absolute Gasteiger partial charge is 0.320 e. The number of halogens is 1. The molecule has 3 N–H and O–H groups in total. The molecule has 0 saturated heterocycles. The molecule has 0 aliphatic rings. The first-order chi connectivity index (χ1) is 8.19. The normalized spacial score (nSPS) is 10.5. The highest BCUT2D eigenvalue weighted by Gasteiger charge is 2.05. The lowest BCUT2D eigenvalue weighted by Gasteiger charge is -2.03. The minimum absolute atomic E-state index is 0.384. The van der Waals surface area contributed by atoms with Gasteiger partial charge in [-0.1, -0.05) is 21.0 Å². The van der Waals surface area contributed by atoms with Gasteiger partial charge in [-0.3, -0.25) is 0 Å². The molecule has 0 bridgehead atoms. The highest BCUT2D eigenvalue weighted by atomic mass is 79.9. The lowest BCUT2D eigenvalue weighted by molar-refractivity contribution is 0.510. The van der Waals surface area contributed by atoms with Gasteiger partial charge >= 0.3 is 6.01 Å². The Kier molecular flexibility index (Phi) is 3.75. The number of aryl methyl sites for hydroxylation is 1. The molecular weight excluding hydrogens is 284 g/mol. The lowest BCUT2D eigenvalue weighted by atomic mass is 10.2. The van der Waals surface area contributed by atoms with E-state index >= 15 is 0 Å². The van der Waals surface area contributed by atoms with Crippen LogP contribution in [0.3, 0.4) is 0 Å². The zero-order valence-electron chi connectivity index (χ0n) is 9.40. The van der Waals surface area contributed by atoms with Crippen molar-refractivity contribution in [1.29, 1.82) is 0 Å². The molecule has 1 aromatic heterocycles. The molecule has 0 aliphatic carbocycles. The van der Waals surface area contributed by atoms with Gasteiger partial charge in [-0.2, -0.15) is 0 Å². The number of nitrogens with zero attached hydrogens (tertiary/aromatic N) is 2. The Morgan fingerprint density at radius 2 is 2.24 bits per heavy atom. The van der Waals surface area contributed by atoms with Crippen molar-refractivity contribution in [2.75, 3.05) is 11.9 Å². The Labute approximate surface area is 108 Å². The standard InChI is InChI=1S/C11H13BrN4O/c1-7-6-8(2-3-9(7)12)14-11-16-15-10(17-11)4-5-13/h2-3,6H,4-5,13H2,1H3,(H,14,16). The van der Waals surface area contributed by atoms with Crippen LogP contribution in [0.15, 0.2) is 27.1 Å². The highest BCUT2D eigenvalue weighted by Crippen LogP contribution is 2.22. The van der Waals surface area contributed by atoms with Gasteiger partial charge in [-0.25, -0.2) is 0 Å². The van der Waals surface area contributed by atoms with Crippen LogP contribution in [-0.2, 0) is 6.42 Å². The Morgan fingerprint density at radius 3 is 2.94 bits per heavy atom. The van der Waals surface area contributed by atoms with Gasteiger partial charge in [0.05, 0.1) is 0 Å². The van der Waals surface area contributed by atoms with Gasteiger partial charge in [0.1, 0.15) is 0 Å². The van der Waals surface area contributed by atoms with Crippen molar-refractivity contribution in [2.45, 2.75) is 13.3 Å². The average molecular weight is 297 g/mol. The average Bonchev–Trinajstić information content (AvgIpc) is 2.72. The maximum Gasteiger partial charge on any atom is 0.320 e. The summed E-state index contributed by atoms with van der Waals surface area (Å²) in [5.41, 5.74) is 7.45. The Bertz CT molecular complexity index is 512. The number of rotatable bonds is 4. The van der Waals surface area contributed by atoms with Crippen LogP contribution in [0.4, 0.5) is 11.7 Å². The molecule has 1 aromatic carbocycles. The molecule has 90 valence electrons. The predicted octanol–water partition coefficient (Wildman–Crippen LogP) is 2.39. The molecule has 0 radical (unpaired) electrons. The van der Waals surface area contributed by atoms with E-state index in [1.165, 1.54) is 0 Å². The van der Waals surface area contributed by atoms with Crippen molar-refractivity contribution < 1.29 is 4.42 Å². The van der Waals surface area contributed by atoms with Crippen molar-refractivity contribution >= 4 is 27.6 Å². The van der Waals surface area contributed by atoms with E-state index in [1.54, 1.807) is 0 Å².